The monoisotopic (exact) mass is 627 g/mol. The molecule has 0 spiro atoms. The molecule has 0 bridgehead atoms. The maximum Gasteiger partial charge on any atom is 0.294 e. The Labute approximate surface area is 264 Å². The first-order valence-electron chi connectivity index (χ1n) is 14.2. The molecule has 2 fully saturated rings. The number of thioether (sulfide) groups is 1. The number of carbonyl (C=O) groups is 3. The van der Waals surface area contributed by atoms with Crippen LogP contribution in [0.1, 0.15) is 11.1 Å². The van der Waals surface area contributed by atoms with Crippen LogP contribution in [0, 0.1) is 0 Å². The molecular formula is C34H30ClN3O5S. The molecule has 0 atom stereocenters. The topological polar surface area (TPSA) is 79.4 Å². The van der Waals surface area contributed by atoms with E-state index >= 15 is 0 Å². The molecule has 224 valence electrons. The van der Waals surface area contributed by atoms with E-state index in [1.54, 1.807) is 23.1 Å². The van der Waals surface area contributed by atoms with Gasteiger partial charge in [0.15, 0.2) is 11.5 Å². The van der Waals surface area contributed by atoms with Gasteiger partial charge in [0.1, 0.15) is 13.2 Å². The van der Waals surface area contributed by atoms with Gasteiger partial charge in [-0.2, -0.15) is 0 Å². The lowest BCUT2D eigenvalue weighted by Crippen LogP contribution is -2.51. The quantitative estimate of drug-likeness (QED) is 0.207. The third-order valence-electron chi connectivity index (χ3n) is 7.72. The zero-order chi connectivity index (χ0) is 30.6. The minimum Gasteiger partial charge on any atom is -0.493 e. The molecule has 0 N–H and O–H groups in total. The molecule has 2 heterocycles. The van der Waals surface area contributed by atoms with Crippen molar-refractivity contribution in [1.82, 2.24) is 9.80 Å². The van der Waals surface area contributed by atoms with Gasteiger partial charge in [-0.3, -0.25) is 19.3 Å². The fourth-order valence-electron chi connectivity index (χ4n) is 5.41. The number of hydrogen-bond acceptors (Lipinski definition) is 7. The number of fused-ring (bicyclic) bond motifs is 1. The number of nitrogens with zero attached hydrogens (tertiary/aromatic N) is 3. The summed E-state index contributed by atoms with van der Waals surface area (Å²) >= 11 is 7.42. The summed E-state index contributed by atoms with van der Waals surface area (Å²) in [6.07, 6.45) is 1.58. The Balaban J connectivity index is 1.11. The average Bonchev–Trinajstić information content (AvgIpc) is 3.31. The summed E-state index contributed by atoms with van der Waals surface area (Å²) in [7, 11) is 1.51. The molecule has 0 radical (unpaired) electrons. The average molecular weight is 628 g/mol. The van der Waals surface area contributed by atoms with Crippen LogP contribution >= 0.6 is 23.4 Å². The summed E-state index contributed by atoms with van der Waals surface area (Å²) in [4.78, 5) is 44.1. The highest BCUT2D eigenvalue weighted by molar-refractivity contribution is 8.18. The van der Waals surface area contributed by atoms with Gasteiger partial charge in [0.2, 0.25) is 5.91 Å². The largest absolute Gasteiger partial charge is 0.493 e. The second kappa shape index (κ2) is 13.0. The number of ether oxygens (including phenoxy) is 2. The molecule has 2 aliphatic rings. The predicted octanol–water partition coefficient (Wildman–Crippen LogP) is 6.47. The molecule has 3 amide bonds. The highest BCUT2D eigenvalue weighted by atomic mass is 35.5. The summed E-state index contributed by atoms with van der Waals surface area (Å²) in [5, 5.41) is 2.03. The Morgan fingerprint density at radius 3 is 2.43 bits per heavy atom. The standard InChI is InChI=1S/C34H30ClN3O5S/c1-42-29-19-23(18-28(35)32(29)43-22-25-10-7-9-24-8-5-6-13-27(24)25)20-30-33(40)38(34(41)44-30)21-31(39)37-16-14-36(15-17-37)26-11-3-2-4-12-26/h2-13,18-20H,14-17,21-22H2,1H3/b30-20+. The van der Waals surface area contributed by atoms with Crippen LogP contribution in [-0.2, 0) is 16.2 Å². The number of carbonyl (C=O) groups excluding carboxylic acids is 3. The van der Waals surface area contributed by atoms with Crippen LogP contribution in [0.5, 0.6) is 11.5 Å². The van der Waals surface area contributed by atoms with Crippen LogP contribution < -0.4 is 14.4 Å². The maximum atomic E-state index is 13.2. The van der Waals surface area contributed by atoms with Gasteiger partial charge in [-0.05, 0) is 64.0 Å². The molecular weight excluding hydrogens is 598 g/mol. The van der Waals surface area contributed by atoms with Crippen molar-refractivity contribution in [1.29, 1.82) is 0 Å². The number of halogens is 1. The zero-order valence-electron chi connectivity index (χ0n) is 24.1. The molecule has 4 aromatic carbocycles. The Bertz CT molecular complexity index is 1750. The van der Waals surface area contributed by atoms with Crippen molar-refractivity contribution < 1.29 is 23.9 Å². The number of imide groups is 1. The van der Waals surface area contributed by atoms with Crippen LogP contribution in [0.2, 0.25) is 5.02 Å². The number of amides is 3. The highest BCUT2D eigenvalue weighted by Crippen LogP contribution is 2.39. The van der Waals surface area contributed by atoms with Crippen LogP contribution in [-0.4, -0.2) is 66.7 Å². The van der Waals surface area contributed by atoms with Crippen molar-refractivity contribution in [2.45, 2.75) is 6.61 Å². The molecule has 0 aliphatic carbocycles. The Morgan fingerprint density at radius 1 is 0.932 bits per heavy atom. The van der Waals surface area contributed by atoms with Gasteiger partial charge >= 0.3 is 0 Å². The van der Waals surface area contributed by atoms with E-state index in [9.17, 15) is 14.4 Å². The Kier molecular flexibility index (Phi) is 8.77. The fraction of sp³-hybridized carbons (Fsp3) is 0.206. The summed E-state index contributed by atoms with van der Waals surface area (Å²) in [6, 6.07) is 27.5. The minimum atomic E-state index is -0.511. The third kappa shape index (κ3) is 6.25. The molecule has 2 aliphatic heterocycles. The van der Waals surface area contributed by atoms with E-state index in [1.807, 2.05) is 72.8 Å². The number of para-hydroxylation sites is 1. The van der Waals surface area contributed by atoms with E-state index < -0.39 is 11.1 Å². The lowest BCUT2D eigenvalue weighted by molar-refractivity contribution is -0.136. The highest BCUT2D eigenvalue weighted by Gasteiger charge is 2.37. The van der Waals surface area contributed by atoms with Gasteiger partial charge < -0.3 is 19.3 Å². The van der Waals surface area contributed by atoms with Crippen molar-refractivity contribution in [2.75, 3.05) is 44.7 Å². The van der Waals surface area contributed by atoms with Crippen molar-refractivity contribution in [2.24, 2.45) is 0 Å². The van der Waals surface area contributed by atoms with Gasteiger partial charge in [-0.15, -0.1) is 0 Å². The predicted molar refractivity (Wildman–Crippen MR) is 174 cm³/mol. The van der Waals surface area contributed by atoms with Crippen LogP contribution in [0.3, 0.4) is 0 Å². The van der Waals surface area contributed by atoms with E-state index in [-0.39, 0.29) is 24.0 Å². The molecule has 6 rings (SSSR count). The molecule has 10 heteroatoms. The third-order valence-corrected chi connectivity index (χ3v) is 8.91. The first-order valence-corrected chi connectivity index (χ1v) is 15.4. The van der Waals surface area contributed by atoms with Crippen LogP contribution in [0.15, 0.2) is 89.8 Å². The van der Waals surface area contributed by atoms with Gasteiger partial charge in [-0.25, -0.2) is 0 Å². The number of hydrogen-bond donors (Lipinski definition) is 0. The number of methoxy groups -OCH3 is 1. The molecule has 44 heavy (non-hydrogen) atoms. The van der Waals surface area contributed by atoms with E-state index in [0.717, 1.165) is 38.7 Å². The summed E-state index contributed by atoms with van der Waals surface area (Å²) < 4.78 is 11.7. The van der Waals surface area contributed by atoms with Gasteiger partial charge in [0.05, 0.1) is 17.0 Å². The van der Waals surface area contributed by atoms with E-state index in [1.165, 1.54) is 7.11 Å². The number of rotatable bonds is 8. The second-order valence-corrected chi connectivity index (χ2v) is 11.8. The van der Waals surface area contributed by atoms with Crippen molar-refractivity contribution in [3.63, 3.8) is 0 Å². The molecule has 8 nitrogen and oxygen atoms in total. The van der Waals surface area contributed by atoms with Crippen molar-refractivity contribution >= 4 is 63.0 Å². The first kappa shape index (κ1) is 29.6. The summed E-state index contributed by atoms with van der Waals surface area (Å²) in [5.41, 5.74) is 2.68. The number of benzene rings is 4. The Morgan fingerprint density at radius 2 is 1.66 bits per heavy atom. The lowest BCUT2D eigenvalue weighted by atomic mass is 10.1. The normalized spacial score (nSPS) is 16.2. The van der Waals surface area contributed by atoms with Gasteiger partial charge in [0.25, 0.3) is 11.1 Å². The fourth-order valence-corrected chi connectivity index (χ4v) is 6.52. The summed E-state index contributed by atoms with van der Waals surface area (Å²) in [5.74, 6) is 0.0136. The molecule has 2 saturated heterocycles. The molecule has 0 saturated carbocycles. The zero-order valence-corrected chi connectivity index (χ0v) is 25.6. The smallest absolute Gasteiger partial charge is 0.294 e. The van der Waals surface area contributed by atoms with Crippen LogP contribution in [0.25, 0.3) is 16.8 Å². The SMILES string of the molecule is COc1cc(/C=C2/SC(=O)N(CC(=O)N3CCN(c4ccccc4)CC3)C2=O)cc(Cl)c1OCc1cccc2ccccc12. The minimum absolute atomic E-state index is 0.208. The van der Waals surface area contributed by atoms with Crippen molar-refractivity contribution in [3.8, 4) is 11.5 Å². The number of anilines is 1. The second-order valence-electron chi connectivity index (χ2n) is 10.4. The Hall–Kier alpha value is -4.47. The van der Waals surface area contributed by atoms with Gasteiger partial charge in [-0.1, -0.05) is 72.3 Å². The van der Waals surface area contributed by atoms with Crippen LogP contribution in [0.4, 0.5) is 10.5 Å². The van der Waals surface area contributed by atoms with Crippen molar-refractivity contribution in [3.05, 3.63) is 106 Å². The van der Waals surface area contributed by atoms with E-state index in [2.05, 4.69) is 4.90 Å². The molecule has 0 aromatic heterocycles. The first-order chi connectivity index (χ1) is 21.4. The molecule has 0 unspecified atom stereocenters. The lowest BCUT2D eigenvalue weighted by Gasteiger charge is -2.36. The maximum absolute atomic E-state index is 13.2. The summed E-state index contributed by atoms with van der Waals surface area (Å²) in [6.45, 7) is 2.40. The van der Waals surface area contributed by atoms with E-state index in [4.69, 9.17) is 21.1 Å². The van der Waals surface area contributed by atoms with Gasteiger partial charge in [0, 0.05) is 31.9 Å². The molecule has 4 aromatic rings. The van der Waals surface area contributed by atoms with E-state index in [0.29, 0.717) is 48.3 Å². The number of piperazine rings is 1.